The molecule has 6 heteroatoms. The lowest BCUT2D eigenvalue weighted by Gasteiger charge is -2.32. The second kappa shape index (κ2) is 7.89. The molecule has 1 aliphatic rings. The zero-order valence-electron chi connectivity index (χ0n) is 13.5. The number of likely N-dealkylation sites (tertiary alicyclic amines) is 1. The van der Waals surface area contributed by atoms with Crippen LogP contribution in [0.3, 0.4) is 0 Å². The Morgan fingerprint density at radius 3 is 2.32 bits per heavy atom. The van der Waals surface area contributed by atoms with E-state index in [9.17, 15) is 9.59 Å². The number of halogens is 2. The third-order valence-electron chi connectivity index (χ3n) is 4.31. The van der Waals surface area contributed by atoms with E-state index in [4.69, 9.17) is 23.2 Å². The molecule has 0 aromatic heterocycles. The number of nitrogens with one attached hydrogen (secondary N) is 1. The quantitative estimate of drug-likeness (QED) is 0.878. The third kappa shape index (κ3) is 4.33. The lowest BCUT2D eigenvalue weighted by Crippen LogP contribution is -2.46. The van der Waals surface area contributed by atoms with Crippen molar-refractivity contribution in [3.63, 3.8) is 0 Å². The number of amides is 2. The highest BCUT2D eigenvalue weighted by atomic mass is 35.5. The van der Waals surface area contributed by atoms with Crippen LogP contribution in [0.25, 0.3) is 0 Å². The van der Waals surface area contributed by atoms with Crippen LogP contribution in [0.4, 0.5) is 0 Å². The van der Waals surface area contributed by atoms with Gasteiger partial charge in [0.1, 0.15) is 0 Å². The average molecular weight is 377 g/mol. The monoisotopic (exact) mass is 376 g/mol. The summed E-state index contributed by atoms with van der Waals surface area (Å²) in [6.45, 7) is 1.24. The number of piperidine rings is 1. The summed E-state index contributed by atoms with van der Waals surface area (Å²) in [5.41, 5.74) is 1.10. The molecule has 2 aromatic rings. The van der Waals surface area contributed by atoms with E-state index >= 15 is 0 Å². The molecule has 1 N–H and O–H groups in total. The van der Waals surface area contributed by atoms with Gasteiger partial charge in [0, 0.05) is 29.7 Å². The molecule has 1 aliphatic heterocycles. The van der Waals surface area contributed by atoms with Crippen LogP contribution in [0.1, 0.15) is 33.6 Å². The van der Waals surface area contributed by atoms with Crippen molar-refractivity contribution in [3.05, 3.63) is 69.7 Å². The lowest BCUT2D eigenvalue weighted by molar-refractivity contribution is 0.0698. The highest BCUT2D eigenvalue weighted by molar-refractivity contribution is 6.36. The lowest BCUT2D eigenvalue weighted by atomic mass is 10.0. The van der Waals surface area contributed by atoms with Crippen molar-refractivity contribution in [3.8, 4) is 0 Å². The molecule has 2 amide bonds. The predicted molar refractivity (Wildman–Crippen MR) is 99.3 cm³/mol. The minimum absolute atomic E-state index is 0.0269. The van der Waals surface area contributed by atoms with Gasteiger partial charge in [0.05, 0.1) is 10.6 Å². The van der Waals surface area contributed by atoms with Crippen molar-refractivity contribution in [1.29, 1.82) is 0 Å². The van der Waals surface area contributed by atoms with E-state index in [2.05, 4.69) is 5.32 Å². The molecule has 25 heavy (non-hydrogen) atoms. The van der Waals surface area contributed by atoms with Crippen LogP contribution in [0.5, 0.6) is 0 Å². The minimum Gasteiger partial charge on any atom is -0.349 e. The first-order valence-electron chi connectivity index (χ1n) is 8.15. The Labute approximate surface area is 156 Å². The fourth-order valence-corrected chi connectivity index (χ4v) is 3.42. The number of carbonyl (C=O) groups is 2. The van der Waals surface area contributed by atoms with Gasteiger partial charge in [-0.3, -0.25) is 9.59 Å². The van der Waals surface area contributed by atoms with Crippen molar-refractivity contribution in [2.45, 2.75) is 18.9 Å². The topological polar surface area (TPSA) is 49.4 Å². The summed E-state index contributed by atoms with van der Waals surface area (Å²) in [6, 6.07) is 14.1. The van der Waals surface area contributed by atoms with Crippen LogP contribution in [-0.2, 0) is 0 Å². The van der Waals surface area contributed by atoms with Crippen molar-refractivity contribution in [2.75, 3.05) is 13.1 Å². The summed E-state index contributed by atoms with van der Waals surface area (Å²) in [5.74, 6) is -0.180. The molecule has 1 saturated heterocycles. The van der Waals surface area contributed by atoms with Gasteiger partial charge in [-0.2, -0.15) is 0 Å². The van der Waals surface area contributed by atoms with E-state index in [1.165, 1.54) is 0 Å². The molecule has 1 heterocycles. The van der Waals surface area contributed by atoms with Crippen molar-refractivity contribution in [2.24, 2.45) is 0 Å². The third-order valence-corrected chi connectivity index (χ3v) is 4.86. The molecule has 0 spiro atoms. The summed E-state index contributed by atoms with van der Waals surface area (Å²) in [4.78, 5) is 26.6. The first-order chi connectivity index (χ1) is 12.0. The molecule has 0 atom stereocenters. The Morgan fingerprint density at radius 2 is 1.68 bits per heavy atom. The van der Waals surface area contributed by atoms with Gasteiger partial charge in [0.2, 0.25) is 0 Å². The maximum absolute atomic E-state index is 12.4. The zero-order valence-corrected chi connectivity index (χ0v) is 15.1. The summed E-state index contributed by atoms with van der Waals surface area (Å²) in [7, 11) is 0. The normalized spacial score (nSPS) is 15.0. The van der Waals surface area contributed by atoms with Crippen LogP contribution >= 0.6 is 23.2 Å². The molecular weight excluding hydrogens is 359 g/mol. The fourth-order valence-electron chi connectivity index (χ4n) is 2.93. The molecule has 130 valence electrons. The summed E-state index contributed by atoms with van der Waals surface area (Å²) >= 11 is 11.9. The maximum atomic E-state index is 12.4. The Balaban J connectivity index is 1.56. The van der Waals surface area contributed by atoms with Crippen molar-refractivity contribution in [1.82, 2.24) is 10.2 Å². The van der Waals surface area contributed by atoms with Gasteiger partial charge in [0.15, 0.2) is 0 Å². The van der Waals surface area contributed by atoms with E-state index in [0.717, 1.165) is 12.8 Å². The summed E-state index contributed by atoms with van der Waals surface area (Å²) < 4.78 is 0. The molecule has 1 fully saturated rings. The maximum Gasteiger partial charge on any atom is 0.253 e. The van der Waals surface area contributed by atoms with E-state index in [-0.39, 0.29) is 17.9 Å². The molecule has 0 saturated carbocycles. The Morgan fingerprint density at radius 1 is 1.00 bits per heavy atom. The predicted octanol–water partition coefficient (Wildman–Crippen LogP) is 4.03. The Hall–Kier alpha value is -2.04. The van der Waals surface area contributed by atoms with Crippen LogP contribution < -0.4 is 5.32 Å². The van der Waals surface area contributed by atoms with Crippen LogP contribution in [0.15, 0.2) is 48.5 Å². The van der Waals surface area contributed by atoms with Gasteiger partial charge in [-0.1, -0.05) is 41.4 Å². The molecule has 0 radical (unpaired) electrons. The number of nitrogens with zero attached hydrogens (tertiary/aromatic N) is 1. The van der Waals surface area contributed by atoms with Gasteiger partial charge in [-0.05, 0) is 43.2 Å². The second-order valence-corrected chi connectivity index (χ2v) is 6.87. The number of rotatable bonds is 3. The molecule has 0 bridgehead atoms. The van der Waals surface area contributed by atoms with Crippen LogP contribution in [0, 0.1) is 0 Å². The van der Waals surface area contributed by atoms with Crippen molar-refractivity contribution < 1.29 is 9.59 Å². The van der Waals surface area contributed by atoms with E-state index in [1.807, 2.05) is 35.2 Å². The van der Waals surface area contributed by atoms with E-state index in [1.54, 1.807) is 18.2 Å². The smallest absolute Gasteiger partial charge is 0.253 e. The molecule has 0 unspecified atom stereocenters. The number of benzene rings is 2. The second-order valence-electron chi connectivity index (χ2n) is 6.03. The number of hydrogen-bond acceptors (Lipinski definition) is 2. The van der Waals surface area contributed by atoms with Gasteiger partial charge in [-0.15, -0.1) is 0 Å². The van der Waals surface area contributed by atoms with Gasteiger partial charge in [-0.25, -0.2) is 0 Å². The zero-order chi connectivity index (χ0) is 17.8. The largest absolute Gasteiger partial charge is 0.349 e. The van der Waals surface area contributed by atoms with E-state index < -0.39 is 0 Å². The number of carbonyl (C=O) groups excluding carboxylic acids is 2. The highest BCUT2D eigenvalue weighted by Gasteiger charge is 2.25. The molecule has 2 aromatic carbocycles. The molecule has 4 nitrogen and oxygen atoms in total. The minimum atomic E-state index is -0.213. The first kappa shape index (κ1) is 17.8. The molecule has 3 rings (SSSR count). The number of hydrogen-bond donors (Lipinski definition) is 1. The van der Waals surface area contributed by atoms with E-state index in [0.29, 0.717) is 34.3 Å². The van der Waals surface area contributed by atoms with Gasteiger partial charge in [0.25, 0.3) is 11.8 Å². The Kier molecular flexibility index (Phi) is 5.61. The standard InChI is InChI=1S/C19H18Cl2N2O2/c20-14-6-7-16(17(21)12-14)18(24)22-15-8-10-23(11-9-15)19(25)13-4-2-1-3-5-13/h1-7,12,15H,8-11H2,(H,22,24). The summed E-state index contributed by atoms with van der Waals surface area (Å²) in [6.07, 6.45) is 1.44. The first-order valence-corrected chi connectivity index (χ1v) is 8.90. The van der Waals surface area contributed by atoms with Gasteiger partial charge >= 0.3 is 0 Å². The SMILES string of the molecule is O=C(NC1CCN(C(=O)c2ccccc2)CC1)c1ccc(Cl)cc1Cl. The van der Waals surface area contributed by atoms with Crippen molar-refractivity contribution >= 4 is 35.0 Å². The fraction of sp³-hybridized carbons (Fsp3) is 0.263. The molecule has 0 aliphatic carbocycles. The highest BCUT2D eigenvalue weighted by Crippen LogP contribution is 2.22. The summed E-state index contributed by atoms with van der Waals surface area (Å²) in [5, 5.41) is 3.82. The molecular formula is C19H18Cl2N2O2. The Bertz CT molecular complexity index is 772. The van der Waals surface area contributed by atoms with Crippen LogP contribution in [-0.4, -0.2) is 35.8 Å². The van der Waals surface area contributed by atoms with Crippen LogP contribution in [0.2, 0.25) is 10.0 Å². The average Bonchev–Trinajstić information content (AvgIpc) is 2.62. The van der Waals surface area contributed by atoms with Gasteiger partial charge < -0.3 is 10.2 Å².